The van der Waals surface area contributed by atoms with E-state index in [1.54, 1.807) is 24.3 Å². The summed E-state index contributed by atoms with van der Waals surface area (Å²) in [6, 6.07) is 14.2. The molecule has 0 heterocycles. The molecule has 30 heavy (non-hydrogen) atoms. The molecule has 0 spiro atoms. The zero-order chi connectivity index (χ0) is 21.6. The van der Waals surface area contributed by atoms with Gasteiger partial charge in [0, 0.05) is 5.56 Å². The molecule has 2 rings (SSSR count). The summed E-state index contributed by atoms with van der Waals surface area (Å²) in [6.07, 6.45) is 4.55. The van der Waals surface area contributed by atoms with Crippen LogP contribution in [0.5, 0.6) is 11.5 Å². The first-order chi connectivity index (χ1) is 14.6. The first-order valence-electron chi connectivity index (χ1n) is 10.2. The quantitative estimate of drug-likeness (QED) is 0.318. The summed E-state index contributed by atoms with van der Waals surface area (Å²) in [5.74, 6) is 0.759. The average molecular weight is 412 g/mol. The van der Waals surface area contributed by atoms with Crippen LogP contribution >= 0.6 is 0 Å². The summed E-state index contributed by atoms with van der Waals surface area (Å²) < 4.78 is 11.1. The highest BCUT2D eigenvalue weighted by Crippen LogP contribution is 2.13. The molecule has 2 aromatic carbocycles. The Bertz CT molecular complexity index is 817. The Hall–Kier alpha value is -3.35. The molecule has 0 aliphatic rings. The lowest BCUT2D eigenvalue weighted by molar-refractivity contribution is -0.120. The Kier molecular flexibility index (Phi) is 9.92. The van der Waals surface area contributed by atoms with E-state index in [0.717, 1.165) is 30.6 Å². The third kappa shape index (κ3) is 8.34. The second-order valence-electron chi connectivity index (χ2n) is 6.62. The van der Waals surface area contributed by atoms with Gasteiger partial charge in [-0.15, -0.1) is 0 Å². The van der Waals surface area contributed by atoms with Crippen LogP contribution in [0.2, 0.25) is 0 Å². The molecule has 7 heteroatoms. The van der Waals surface area contributed by atoms with Gasteiger partial charge in [-0.2, -0.15) is 5.10 Å². The van der Waals surface area contributed by atoms with Gasteiger partial charge in [0.2, 0.25) is 0 Å². The van der Waals surface area contributed by atoms with Crippen molar-refractivity contribution < 1.29 is 19.1 Å². The molecule has 0 saturated carbocycles. The fourth-order valence-corrected chi connectivity index (χ4v) is 2.39. The standard InChI is InChI=1S/C23H29N3O4/c1-3-5-15-30-20-10-6-18(7-11-20)16-25-26-22(27)17-24-23(28)19-8-12-21(13-9-19)29-14-4-2/h6-13,16H,3-5,14-15,17H2,1-2H3,(H,24,28)(H,26,27)/b25-16+. The molecule has 0 bridgehead atoms. The van der Waals surface area contributed by atoms with Crippen molar-refractivity contribution in [3.63, 3.8) is 0 Å². The van der Waals surface area contributed by atoms with Crippen LogP contribution in [0.1, 0.15) is 49.0 Å². The molecule has 0 atom stereocenters. The summed E-state index contributed by atoms with van der Waals surface area (Å²) in [4.78, 5) is 24.0. The van der Waals surface area contributed by atoms with Crippen LogP contribution in [-0.4, -0.2) is 37.8 Å². The van der Waals surface area contributed by atoms with E-state index in [0.29, 0.717) is 24.5 Å². The largest absolute Gasteiger partial charge is 0.494 e. The fraction of sp³-hybridized carbons (Fsp3) is 0.348. The normalized spacial score (nSPS) is 10.6. The number of carbonyl (C=O) groups excluding carboxylic acids is 2. The third-order valence-corrected chi connectivity index (χ3v) is 4.05. The van der Waals surface area contributed by atoms with Crippen molar-refractivity contribution in [1.29, 1.82) is 0 Å². The topological polar surface area (TPSA) is 89.0 Å². The van der Waals surface area contributed by atoms with E-state index in [9.17, 15) is 9.59 Å². The van der Waals surface area contributed by atoms with E-state index >= 15 is 0 Å². The van der Waals surface area contributed by atoms with Gasteiger partial charge in [0.1, 0.15) is 11.5 Å². The summed E-state index contributed by atoms with van der Waals surface area (Å²) in [6.45, 7) is 5.29. The Labute approximate surface area is 177 Å². The number of amides is 2. The van der Waals surface area contributed by atoms with E-state index in [1.165, 1.54) is 6.21 Å². The van der Waals surface area contributed by atoms with Gasteiger partial charge in [0.25, 0.3) is 11.8 Å². The lowest BCUT2D eigenvalue weighted by atomic mass is 10.2. The Morgan fingerprint density at radius 3 is 2.17 bits per heavy atom. The zero-order valence-electron chi connectivity index (χ0n) is 17.5. The van der Waals surface area contributed by atoms with Gasteiger partial charge in [-0.3, -0.25) is 9.59 Å². The number of carbonyl (C=O) groups is 2. The number of unbranched alkanes of at least 4 members (excludes halogenated alkanes) is 1. The second kappa shape index (κ2) is 13.0. The van der Waals surface area contributed by atoms with Crippen LogP contribution in [0.4, 0.5) is 0 Å². The van der Waals surface area contributed by atoms with Gasteiger partial charge < -0.3 is 14.8 Å². The zero-order valence-corrected chi connectivity index (χ0v) is 17.5. The molecule has 0 radical (unpaired) electrons. The van der Waals surface area contributed by atoms with Crippen molar-refractivity contribution in [3.8, 4) is 11.5 Å². The summed E-state index contributed by atoms with van der Waals surface area (Å²) in [5, 5.41) is 6.46. The molecule has 2 aromatic rings. The van der Waals surface area contributed by atoms with Crippen molar-refractivity contribution in [2.24, 2.45) is 5.10 Å². The highest BCUT2D eigenvalue weighted by molar-refractivity contribution is 5.96. The van der Waals surface area contributed by atoms with E-state index in [2.05, 4.69) is 22.8 Å². The van der Waals surface area contributed by atoms with Gasteiger partial charge in [-0.05, 0) is 66.9 Å². The Morgan fingerprint density at radius 2 is 1.53 bits per heavy atom. The van der Waals surface area contributed by atoms with Gasteiger partial charge in [0.05, 0.1) is 26.0 Å². The van der Waals surface area contributed by atoms with Gasteiger partial charge in [-0.1, -0.05) is 20.3 Å². The van der Waals surface area contributed by atoms with Gasteiger partial charge in [-0.25, -0.2) is 5.43 Å². The van der Waals surface area contributed by atoms with E-state index in [1.807, 2.05) is 31.2 Å². The number of hydrogen-bond acceptors (Lipinski definition) is 5. The number of hydrazone groups is 1. The first-order valence-corrected chi connectivity index (χ1v) is 10.2. The number of ether oxygens (including phenoxy) is 2. The van der Waals surface area contributed by atoms with Crippen molar-refractivity contribution in [2.75, 3.05) is 19.8 Å². The average Bonchev–Trinajstić information content (AvgIpc) is 2.77. The molecule has 160 valence electrons. The fourth-order valence-electron chi connectivity index (χ4n) is 2.39. The van der Waals surface area contributed by atoms with Crippen LogP contribution < -0.4 is 20.2 Å². The Morgan fingerprint density at radius 1 is 0.900 bits per heavy atom. The first kappa shape index (κ1) is 22.9. The minimum atomic E-state index is -0.415. The van der Waals surface area contributed by atoms with Crippen molar-refractivity contribution in [1.82, 2.24) is 10.7 Å². The minimum Gasteiger partial charge on any atom is -0.494 e. The predicted molar refractivity (Wildman–Crippen MR) is 117 cm³/mol. The van der Waals surface area contributed by atoms with Crippen LogP contribution in [0.25, 0.3) is 0 Å². The smallest absolute Gasteiger partial charge is 0.259 e. The Balaban J connectivity index is 1.71. The monoisotopic (exact) mass is 411 g/mol. The molecule has 0 saturated heterocycles. The van der Waals surface area contributed by atoms with Crippen LogP contribution in [0.3, 0.4) is 0 Å². The SMILES string of the molecule is CCCCOc1ccc(/C=N/NC(=O)CNC(=O)c2ccc(OCCC)cc2)cc1. The molecule has 2 N–H and O–H groups in total. The van der Waals surface area contributed by atoms with Crippen LogP contribution in [0, 0.1) is 0 Å². The second-order valence-corrected chi connectivity index (χ2v) is 6.62. The van der Waals surface area contributed by atoms with Gasteiger partial charge >= 0.3 is 0 Å². The molecule has 2 amide bonds. The number of benzene rings is 2. The number of nitrogens with one attached hydrogen (secondary N) is 2. The molecular weight excluding hydrogens is 382 g/mol. The van der Waals surface area contributed by atoms with E-state index in [4.69, 9.17) is 9.47 Å². The number of hydrogen-bond donors (Lipinski definition) is 2. The van der Waals surface area contributed by atoms with Crippen molar-refractivity contribution in [3.05, 3.63) is 59.7 Å². The maximum absolute atomic E-state index is 12.1. The predicted octanol–water partition coefficient (Wildman–Crippen LogP) is 3.53. The maximum Gasteiger partial charge on any atom is 0.259 e. The lowest BCUT2D eigenvalue weighted by Gasteiger charge is -2.07. The third-order valence-electron chi connectivity index (χ3n) is 4.05. The number of rotatable bonds is 12. The van der Waals surface area contributed by atoms with Crippen LogP contribution in [-0.2, 0) is 4.79 Å². The molecule has 0 fully saturated rings. The van der Waals surface area contributed by atoms with Crippen LogP contribution in [0.15, 0.2) is 53.6 Å². The highest BCUT2D eigenvalue weighted by Gasteiger charge is 2.07. The molecule has 0 aromatic heterocycles. The molecular formula is C23H29N3O4. The van der Waals surface area contributed by atoms with Crippen molar-refractivity contribution in [2.45, 2.75) is 33.1 Å². The van der Waals surface area contributed by atoms with E-state index in [-0.39, 0.29) is 12.5 Å². The molecule has 0 aliphatic heterocycles. The number of nitrogens with zero attached hydrogens (tertiary/aromatic N) is 1. The lowest BCUT2D eigenvalue weighted by Crippen LogP contribution is -2.34. The summed E-state index contributed by atoms with van der Waals surface area (Å²) in [7, 11) is 0. The molecule has 7 nitrogen and oxygen atoms in total. The highest BCUT2D eigenvalue weighted by atomic mass is 16.5. The van der Waals surface area contributed by atoms with Crippen molar-refractivity contribution >= 4 is 18.0 Å². The molecule has 0 unspecified atom stereocenters. The minimum absolute atomic E-state index is 0.172. The van der Waals surface area contributed by atoms with E-state index < -0.39 is 5.91 Å². The van der Waals surface area contributed by atoms with Gasteiger partial charge in [0.15, 0.2) is 0 Å². The summed E-state index contributed by atoms with van der Waals surface area (Å²) in [5.41, 5.74) is 3.67. The molecule has 0 aliphatic carbocycles. The summed E-state index contributed by atoms with van der Waals surface area (Å²) >= 11 is 0. The maximum atomic E-state index is 12.1.